The molecule has 2 heteroatoms. The van der Waals surface area contributed by atoms with E-state index in [0.29, 0.717) is 6.54 Å². The standard InChI is InChI=1S/C12H16N2/c1-2-3-11-7-10-6-9(8-13)4-5-12(10)14-11/h4-6H,2-3,7-8,13H2,1H3. The van der Waals surface area contributed by atoms with Crippen molar-refractivity contribution in [2.45, 2.75) is 32.7 Å². The number of rotatable bonds is 3. The molecule has 1 aliphatic rings. The minimum Gasteiger partial charge on any atom is -0.326 e. The van der Waals surface area contributed by atoms with Crippen molar-refractivity contribution in [3.8, 4) is 0 Å². The highest BCUT2D eigenvalue weighted by molar-refractivity contribution is 5.93. The number of aliphatic imine (C=N–C) groups is 1. The number of nitrogens with two attached hydrogens (primary N) is 1. The van der Waals surface area contributed by atoms with Crippen molar-refractivity contribution in [2.24, 2.45) is 10.7 Å². The van der Waals surface area contributed by atoms with E-state index in [2.05, 4.69) is 30.1 Å². The second-order valence-corrected chi connectivity index (χ2v) is 3.77. The third kappa shape index (κ3) is 1.70. The Hall–Kier alpha value is -1.15. The summed E-state index contributed by atoms with van der Waals surface area (Å²) in [6.45, 7) is 2.81. The van der Waals surface area contributed by atoms with Gasteiger partial charge >= 0.3 is 0 Å². The summed E-state index contributed by atoms with van der Waals surface area (Å²) in [4.78, 5) is 4.59. The van der Waals surface area contributed by atoms with Gasteiger partial charge in [0, 0.05) is 18.7 Å². The predicted molar refractivity (Wildman–Crippen MR) is 60.0 cm³/mol. The van der Waals surface area contributed by atoms with E-state index in [1.165, 1.54) is 23.3 Å². The Bertz CT molecular complexity index is 367. The summed E-state index contributed by atoms with van der Waals surface area (Å²) < 4.78 is 0. The molecule has 0 saturated carbocycles. The van der Waals surface area contributed by atoms with Crippen LogP contribution in [0.2, 0.25) is 0 Å². The average Bonchev–Trinajstić information content (AvgIpc) is 2.59. The predicted octanol–water partition coefficient (Wildman–Crippen LogP) is 2.57. The average molecular weight is 188 g/mol. The lowest BCUT2D eigenvalue weighted by Crippen LogP contribution is -1.98. The Morgan fingerprint density at radius 2 is 2.29 bits per heavy atom. The Labute approximate surface area is 84.9 Å². The smallest absolute Gasteiger partial charge is 0.0665 e. The molecule has 0 spiro atoms. The monoisotopic (exact) mass is 188 g/mol. The zero-order valence-electron chi connectivity index (χ0n) is 8.59. The number of benzene rings is 1. The van der Waals surface area contributed by atoms with Gasteiger partial charge in [0.1, 0.15) is 0 Å². The second kappa shape index (κ2) is 3.93. The van der Waals surface area contributed by atoms with Gasteiger partial charge in [-0.3, -0.25) is 4.99 Å². The van der Waals surface area contributed by atoms with E-state index in [9.17, 15) is 0 Å². The molecule has 2 rings (SSSR count). The van der Waals surface area contributed by atoms with Crippen LogP contribution < -0.4 is 5.73 Å². The highest BCUT2D eigenvalue weighted by Gasteiger charge is 2.13. The van der Waals surface area contributed by atoms with Crippen LogP contribution in [-0.4, -0.2) is 5.71 Å². The summed E-state index contributed by atoms with van der Waals surface area (Å²) in [5.41, 5.74) is 10.6. The molecule has 0 aliphatic carbocycles. The van der Waals surface area contributed by atoms with E-state index in [1.807, 2.05) is 0 Å². The van der Waals surface area contributed by atoms with Crippen molar-refractivity contribution in [1.82, 2.24) is 0 Å². The molecule has 0 bridgehead atoms. The number of hydrogen-bond donors (Lipinski definition) is 1. The van der Waals surface area contributed by atoms with Gasteiger partial charge in [-0.25, -0.2) is 0 Å². The topological polar surface area (TPSA) is 38.4 Å². The summed E-state index contributed by atoms with van der Waals surface area (Å²) in [6, 6.07) is 6.33. The summed E-state index contributed by atoms with van der Waals surface area (Å²) in [5, 5.41) is 0. The SMILES string of the molecule is CCCC1=Nc2ccc(CN)cc2C1. The summed E-state index contributed by atoms with van der Waals surface area (Å²) in [7, 11) is 0. The van der Waals surface area contributed by atoms with E-state index in [4.69, 9.17) is 5.73 Å². The lowest BCUT2D eigenvalue weighted by molar-refractivity contribution is 0.981. The zero-order chi connectivity index (χ0) is 9.97. The van der Waals surface area contributed by atoms with Crippen LogP contribution in [0.15, 0.2) is 23.2 Å². The zero-order valence-corrected chi connectivity index (χ0v) is 8.59. The van der Waals surface area contributed by atoms with E-state index in [-0.39, 0.29) is 0 Å². The van der Waals surface area contributed by atoms with Crippen LogP contribution in [0.5, 0.6) is 0 Å². The summed E-state index contributed by atoms with van der Waals surface area (Å²) in [5.74, 6) is 0. The first-order chi connectivity index (χ1) is 6.83. The first kappa shape index (κ1) is 9.41. The van der Waals surface area contributed by atoms with Gasteiger partial charge in [-0.2, -0.15) is 0 Å². The molecule has 0 aromatic heterocycles. The Kier molecular flexibility index (Phi) is 2.64. The van der Waals surface area contributed by atoms with Gasteiger partial charge in [-0.15, -0.1) is 0 Å². The molecule has 0 atom stereocenters. The van der Waals surface area contributed by atoms with E-state index < -0.39 is 0 Å². The molecule has 1 aliphatic heterocycles. The van der Waals surface area contributed by atoms with Crippen LogP contribution in [-0.2, 0) is 13.0 Å². The van der Waals surface area contributed by atoms with Gasteiger partial charge < -0.3 is 5.73 Å². The van der Waals surface area contributed by atoms with E-state index in [0.717, 1.165) is 18.5 Å². The van der Waals surface area contributed by atoms with Crippen LogP contribution in [0, 0.1) is 0 Å². The van der Waals surface area contributed by atoms with Crippen molar-refractivity contribution in [1.29, 1.82) is 0 Å². The molecule has 0 saturated heterocycles. The van der Waals surface area contributed by atoms with Crippen LogP contribution >= 0.6 is 0 Å². The van der Waals surface area contributed by atoms with Crippen molar-refractivity contribution in [3.05, 3.63) is 29.3 Å². The maximum absolute atomic E-state index is 5.60. The maximum Gasteiger partial charge on any atom is 0.0665 e. The Morgan fingerprint density at radius 1 is 1.43 bits per heavy atom. The van der Waals surface area contributed by atoms with Crippen molar-refractivity contribution in [3.63, 3.8) is 0 Å². The first-order valence-electron chi connectivity index (χ1n) is 5.21. The molecule has 0 radical (unpaired) electrons. The highest BCUT2D eigenvalue weighted by atomic mass is 14.8. The maximum atomic E-state index is 5.60. The lowest BCUT2D eigenvalue weighted by atomic mass is 10.0. The molecule has 74 valence electrons. The fourth-order valence-electron chi connectivity index (χ4n) is 1.88. The lowest BCUT2D eigenvalue weighted by Gasteiger charge is -2.00. The van der Waals surface area contributed by atoms with Gasteiger partial charge in [0.05, 0.1) is 5.69 Å². The van der Waals surface area contributed by atoms with Crippen LogP contribution in [0.4, 0.5) is 5.69 Å². The van der Waals surface area contributed by atoms with Gasteiger partial charge in [0.2, 0.25) is 0 Å². The van der Waals surface area contributed by atoms with Crippen LogP contribution in [0.3, 0.4) is 0 Å². The summed E-state index contributed by atoms with van der Waals surface area (Å²) >= 11 is 0. The summed E-state index contributed by atoms with van der Waals surface area (Å²) in [6.07, 6.45) is 3.32. The van der Waals surface area contributed by atoms with Crippen molar-refractivity contribution >= 4 is 11.4 Å². The minimum atomic E-state index is 0.621. The van der Waals surface area contributed by atoms with Gasteiger partial charge in [-0.1, -0.05) is 25.5 Å². The van der Waals surface area contributed by atoms with Crippen LogP contribution in [0.25, 0.3) is 0 Å². The number of fused-ring (bicyclic) bond motifs is 1. The molecular formula is C12H16N2. The molecule has 0 unspecified atom stereocenters. The molecule has 0 fully saturated rings. The quantitative estimate of drug-likeness (QED) is 0.777. The second-order valence-electron chi connectivity index (χ2n) is 3.77. The third-order valence-electron chi connectivity index (χ3n) is 2.59. The van der Waals surface area contributed by atoms with Gasteiger partial charge in [-0.05, 0) is 23.6 Å². The Morgan fingerprint density at radius 3 is 3.00 bits per heavy atom. The highest BCUT2D eigenvalue weighted by Crippen LogP contribution is 2.28. The molecule has 14 heavy (non-hydrogen) atoms. The fourth-order valence-corrected chi connectivity index (χ4v) is 1.88. The molecule has 0 amide bonds. The van der Waals surface area contributed by atoms with E-state index >= 15 is 0 Å². The Balaban J connectivity index is 2.22. The fraction of sp³-hybridized carbons (Fsp3) is 0.417. The van der Waals surface area contributed by atoms with Gasteiger partial charge in [0.15, 0.2) is 0 Å². The molecule has 2 nitrogen and oxygen atoms in total. The molecule has 1 heterocycles. The van der Waals surface area contributed by atoms with Crippen molar-refractivity contribution < 1.29 is 0 Å². The number of nitrogens with zero attached hydrogens (tertiary/aromatic N) is 1. The molecule has 1 aromatic carbocycles. The molecular weight excluding hydrogens is 172 g/mol. The molecule has 2 N–H and O–H groups in total. The third-order valence-corrected chi connectivity index (χ3v) is 2.59. The van der Waals surface area contributed by atoms with Gasteiger partial charge in [0.25, 0.3) is 0 Å². The van der Waals surface area contributed by atoms with Crippen molar-refractivity contribution in [2.75, 3.05) is 0 Å². The number of hydrogen-bond acceptors (Lipinski definition) is 2. The normalized spacial score (nSPS) is 14.0. The minimum absolute atomic E-state index is 0.621. The first-order valence-corrected chi connectivity index (χ1v) is 5.21. The largest absolute Gasteiger partial charge is 0.326 e. The molecule has 1 aromatic rings. The van der Waals surface area contributed by atoms with E-state index in [1.54, 1.807) is 0 Å². The van der Waals surface area contributed by atoms with Crippen LogP contribution in [0.1, 0.15) is 30.9 Å².